The Morgan fingerprint density at radius 3 is 2.32 bits per heavy atom. The molecule has 2 aromatic rings. The van der Waals surface area contributed by atoms with E-state index in [0.717, 1.165) is 22.6 Å². The minimum absolute atomic E-state index is 0.792. The molecule has 0 aliphatic carbocycles. The van der Waals surface area contributed by atoms with Crippen LogP contribution in [0.5, 0.6) is 11.5 Å². The summed E-state index contributed by atoms with van der Waals surface area (Å²) in [6.07, 6.45) is 8.13. The average molecular weight is 256 g/mol. The maximum Gasteiger partial charge on any atom is 0.169 e. The van der Waals surface area contributed by atoms with Crippen LogP contribution >= 0.6 is 0 Å². The summed E-state index contributed by atoms with van der Waals surface area (Å²) in [6.45, 7) is 0. The Morgan fingerprint density at radius 2 is 1.68 bits per heavy atom. The van der Waals surface area contributed by atoms with Crippen LogP contribution in [0.15, 0.2) is 42.7 Å². The molecule has 0 spiro atoms. The first-order valence-corrected chi connectivity index (χ1v) is 6.08. The fourth-order valence-electron chi connectivity index (χ4n) is 1.77. The van der Waals surface area contributed by atoms with E-state index < -0.39 is 0 Å². The summed E-state index contributed by atoms with van der Waals surface area (Å²) in [5.41, 5.74) is 2.17. The van der Waals surface area contributed by atoms with Gasteiger partial charge in [0.05, 0.1) is 14.2 Å². The maximum atomic E-state index is 5.36. The van der Waals surface area contributed by atoms with E-state index in [1.165, 1.54) is 0 Å². The van der Waals surface area contributed by atoms with E-state index in [9.17, 15) is 0 Å². The fourth-order valence-corrected chi connectivity index (χ4v) is 1.77. The molecule has 3 nitrogen and oxygen atoms in total. The molecule has 0 saturated heterocycles. The van der Waals surface area contributed by atoms with E-state index >= 15 is 0 Å². The zero-order valence-corrected chi connectivity index (χ0v) is 11.5. The van der Waals surface area contributed by atoms with Gasteiger partial charge in [0.1, 0.15) is 18.5 Å². The second-order valence-corrected chi connectivity index (χ2v) is 4.24. The molecular formula is C16H18NO2+. The van der Waals surface area contributed by atoms with Crippen molar-refractivity contribution in [2.45, 2.75) is 0 Å². The highest BCUT2D eigenvalue weighted by Crippen LogP contribution is 2.26. The van der Waals surface area contributed by atoms with E-state index in [4.69, 9.17) is 9.47 Å². The highest BCUT2D eigenvalue weighted by molar-refractivity contribution is 5.72. The van der Waals surface area contributed by atoms with Gasteiger partial charge in [0.2, 0.25) is 0 Å². The predicted molar refractivity (Wildman–Crippen MR) is 76.1 cm³/mol. The monoisotopic (exact) mass is 256 g/mol. The number of ether oxygens (including phenoxy) is 2. The van der Waals surface area contributed by atoms with Crippen molar-refractivity contribution in [1.82, 2.24) is 0 Å². The summed E-state index contributed by atoms with van der Waals surface area (Å²) in [7, 11) is 5.31. The van der Waals surface area contributed by atoms with Crippen molar-refractivity contribution < 1.29 is 14.0 Å². The summed E-state index contributed by atoms with van der Waals surface area (Å²) in [4.78, 5) is 0. The molecular weight excluding hydrogens is 238 g/mol. The Kier molecular flexibility index (Phi) is 4.18. The number of rotatable bonds is 4. The molecule has 0 aliphatic heterocycles. The van der Waals surface area contributed by atoms with Crippen LogP contribution in [0, 0.1) is 0 Å². The van der Waals surface area contributed by atoms with Crippen molar-refractivity contribution in [1.29, 1.82) is 0 Å². The van der Waals surface area contributed by atoms with E-state index in [1.807, 2.05) is 48.3 Å². The zero-order chi connectivity index (χ0) is 13.7. The number of nitrogens with zero attached hydrogens (tertiary/aromatic N) is 1. The third-order valence-electron chi connectivity index (χ3n) is 2.90. The van der Waals surface area contributed by atoms with Gasteiger partial charge in [-0.15, -0.1) is 0 Å². The van der Waals surface area contributed by atoms with Crippen LogP contribution in [-0.2, 0) is 7.05 Å². The zero-order valence-electron chi connectivity index (χ0n) is 11.5. The van der Waals surface area contributed by atoms with E-state index in [1.54, 1.807) is 14.2 Å². The largest absolute Gasteiger partial charge is 0.497 e. The first-order chi connectivity index (χ1) is 9.22. The van der Waals surface area contributed by atoms with Crippen molar-refractivity contribution >= 4 is 12.2 Å². The van der Waals surface area contributed by atoms with Crippen molar-refractivity contribution in [3.05, 3.63) is 53.9 Å². The summed E-state index contributed by atoms with van der Waals surface area (Å²) >= 11 is 0. The smallest absolute Gasteiger partial charge is 0.169 e. The summed E-state index contributed by atoms with van der Waals surface area (Å²) in [6, 6.07) is 9.91. The minimum atomic E-state index is 0.792. The molecule has 2 rings (SSSR count). The van der Waals surface area contributed by atoms with Crippen LogP contribution < -0.4 is 14.0 Å². The van der Waals surface area contributed by atoms with Crippen molar-refractivity contribution in [2.24, 2.45) is 7.05 Å². The van der Waals surface area contributed by atoms with Crippen LogP contribution in [0.3, 0.4) is 0 Å². The molecule has 3 heteroatoms. The van der Waals surface area contributed by atoms with Gasteiger partial charge in [0, 0.05) is 23.8 Å². The highest BCUT2D eigenvalue weighted by Gasteiger charge is 2.02. The van der Waals surface area contributed by atoms with Gasteiger partial charge in [0.15, 0.2) is 12.4 Å². The Morgan fingerprint density at radius 1 is 0.947 bits per heavy atom. The van der Waals surface area contributed by atoms with Crippen molar-refractivity contribution in [2.75, 3.05) is 14.2 Å². The van der Waals surface area contributed by atoms with Crippen molar-refractivity contribution in [3.8, 4) is 11.5 Å². The molecule has 19 heavy (non-hydrogen) atoms. The fraction of sp³-hybridized carbons (Fsp3) is 0.188. The van der Waals surface area contributed by atoms with Crippen LogP contribution in [0.25, 0.3) is 12.2 Å². The van der Waals surface area contributed by atoms with Gasteiger partial charge < -0.3 is 9.47 Å². The van der Waals surface area contributed by atoms with Gasteiger partial charge in [-0.2, -0.15) is 0 Å². The SMILES string of the molecule is COc1ccc(/C=C/c2cc[n+](C)cc2)c(OC)c1. The van der Waals surface area contributed by atoms with Crippen LogP contribution in [0.4, 0.5) is 0 Å². The van der Waals surface area contributed by atoms with Crippen LogP contribution in [0.2, 0.25) is 0 Å². The van der Waals surface area contributed by atoms with Gasteiger partial charge in [-0.3, -0.25) is 0 Å². The number of pyridine rings is 1. The quantitative estimate of drug-likeness (QED) is 0.785. The Labute approximate surface area is 113 Å². The third-order valence-corrected chi connectivity index (χ3v) is 2.90. The second-order valence-electron chi connectivity index (χ2n) is 4.24. The van der Waals surface area contributed by atoms with Gasteiger partial charge in [0.25, 0.3) is 0 Å². The lowest BCUT2D eigenvalue weighted by Crippen LogP contribution is -2.25. The lowest BCUT2D eigenvalue weighted by molar-refractivity contribution is -0.671. The number of methoxy groups -OCH3 is 2. The molecule has 98 valence electrons. The highest BCUT2D eigenvalue weighted by atomic mass is 16.5. The van der Waals surface area contributed by atoms with E-state index in [0.29, 0.717) is 0 Å². The Balaban J connectivity index is 2.25. The molecule has 1 heterocycles. The number of hydrogen-bond donors (Lipinski definition) is 0. The lowest BCUT2D eigenvalue weighted by Gasteiger charge is -2.07. The maximum absolute atomic E-state index is 5.36. The van der Waals surface area contributed by atoms with E-state index in [-0.39, 0.29) is 0 Å². The molecule has 0 amide bonds. The van der Waals surface area contributed by atoms with Gasteiger partial charge in [-0.05, 0) is 17.7 Å². The number of hydrogen-bond acceptors (Lipinski definition) is 2. The molecule has 0 saturated carbocycles. The Bertz CT molecular complexity index is 574. The topological polar surface area (TPSA) is 22.3 Å². The molecule has 0 bridgehead atoms. The first-order valence-electron chi connectivity index (χ1n) is 6.08. The van der Waals surface area contributed by atoms with Crippen molar-refractivity contribution in [3.63, 3.8) is 0 Å². The number of aromatic nitrogens is 1. The molecule has 1 aromatic heterocycles. The Hall–Kier alpha value is -2.29. The number of aryl methyl sites for hydroxylation is 1. The third kappa shape index (κ3) is 3.35. The summed E-state index contributed by atoms with van der Waals surface area (Å²) in [5.74, 6) is 1.60. The second kappa shape index (κ2) is 6.05. The minimum Gasteiger partial charge on any atom is -0.497 e. The van der Waals surface area contributed by atoms with Gasteiger partial charge in [-0.1, -0.05) is 12.2 Å². The normalized spacial score (nSPS) is 10.7. The van der Waals surface area contributed by atoms with Crippen LogP contribution in [0.1, 0.15) is 11.1 Å². The standard InChI is InChI=1S/C16H18NO2/c1-17-10-8-13(9-11-17)4-5-14-6-7-15(18-2)12-16(14)19-3/h4-12H,1-3H3/q+1/b5-4+. The molecule has 0 fully saturated rings. The summed E-state index contributed by atoms with van der Waals surface area (Å²) < 4.78 is 12.5. The van der Waals surface area contributed by atoms with E-state index in [2.05, 4.69) is 18.2 Å². The first kappa shape index (κ1) is 13.1. The molecule has 0 aliphatic rings. The lowest BCUT2D eigenvalue weighted by atomic mass is 10.1. The molecule has 0 radical (unpaired) electrons. The average Bonchev–Trinajstić information content (AvgIpc) is 2.46. The predicted octanol–water partition coefficient (Wildman–Crippen LogP) is 2.70. The molecule has 0 atom stereocenters. The molecule has 1 aromatic carbocycles. The van der Waals surface area contributed by atoms with Gasteiger partial charge >= 0.3 is 0 Å². The molecule has 0 unspecified atom stereocenters. The summed E-state index contributed by atoms with van der Waals surface area (Å²) in [5, 5.41) is 0. The van der Waals surface area contributed by atoms with Gasteiger partial charge in [-0.25, -0.2) is 4.57 Å². The molecule has 0 N–H and O–H groups in total. The number of benzene rings is 1. The van der Waals surface area contributed by atoms with Crippen LogP contribution in [-0.4, -0.2) is 14.2 Å².